The molecule has 0 fully saturated rings. The van der Waals surface area contributed by atoms with Crippen molar-refractivity contribution in [2.24, 2.45) is 5.92 Å². The van der Waals surface area contributed by atoms with Gasteiger partial charge in [0, 0.05) is 12.0 Å². The van der Waals surface area contributed by atoms with Gasteiger partial charge in [0.05, 0.1) is 5.92 Å². The van der Waals surface area contributed by atoms with E-state index < -0.39 is 11.9 Å². The molecule has 1 rings (SSSR count). The average Bonchev–Trinajstić information content (AvgIpc) is 2.35. The van der Waals surface area contributed by atoms with Crippen LogP contribution in [0.15, 0.2) is 24.3 Å². The monoisotopic (exact) mass is 248 g/mol. The Hall–Kier alpha value is -1.64. The minimum absolute atomic E-state index is 0.0346. The van der Waals surface area contributed by atoms with Gasteiger partial charge in [-0.3, -0.25) is 9.59 Å². The van der Waals surface area contributed by atoms with E-state index in [-0.39, 0.29) is 12.2 Å². The lowest BCUT2D eigenvalue weighted by Gasteiger charge is -2.12. The van der Waals surface area contributed by atoms with E-state index >= 15 is 0 Å². The molecule has 0 bridgehead atoms. The van der Waals surface area contributed by atoms with Crippen LogP contribution >= 0.6 is 0 Å². The van der Waals surface area contributed by atoms with E-state index in [0.717, 1.165) is 11.1 Å². The first kappa shape index (κ1) is 14.4. The summed E-state index contributed by atoms with van der Waals surface area (Å²) in [5, 5.41) is 8.80. The highest BCUT2D eigenvalue weighted by Gasteiger charge is 2.16. The highest BCUT2D eigenvalue weighted by Crippen LogP contribution is 2.21. The number of hydrogen-bond acceptors (Lipinski definition) is 2. The maximum Gasteiger partial charge on any atom is 0.306 e. The third-order valence-corrected chi connectivity index (χ3v) is 3.11. The number of hydrogen-bond donors (Lipinski definition) is 1. The van der Waals surface area contributed by atoms with Crippen molar-refractivity contribution in [2.75, 3.05) is 0 Å². The lowest BCUT2D eigenvalue weighted by atomic mass is 9.92. The second kappa shape index (κ2) is 6.34. The molecule has 0 heterocycles. The fraction of sp³-hybridized carbons (Fsp3) is 0.467. The van der Waals surface area contributed by atoms with Gasteiger partial charge in [0.2, 0.25) is 0 Å². The third-order valence-electron chi connectivity index (χ3n) is 3.11. The molecule has 0 aliphatic heterocycles. The Kier molecular flexibility index (Phi) is 5.08. The molecule has 0 radical (unpaired) electrons. The molecule has 1 aromatic rings. The molecule has 0 aliphatic rings. The van der Waals surface area contributed by atoms with Gasteiger partial charge < -0.3 is 5.11 Å². The molecule has 0 unspecified atom stereocenters. The van der Waals surface area contributed by atoms with Crippen LogP contribution < -0.4 is 0 Å². The Balaban J connectivity index is 2.76. The van der Waals surface area contributed by atoms with Gasteiger partial charge in [0.1, 0.15) is 0 Å². The molecule has 3 nitrogen and oxygen atoms in total. The first-order valence-corrected chi connectivity index (χ1v) is 6.28. The second-order valence-electron chi connectivity index (χ2n) is 4.94. The molecule has 0 spiro atoms. The van der Waals surface area contributed by atoms with Crippen molar-refractivity contribution in [1.82, 2.24) is 0 Å². The van der Waals surface area contributed by atoms with Crippen LogP contribution in [0.25, 0.3) is 0 Å². The number of carbonyl (C=O) groups is 2. The maximum absolute atomic E-state index is 12.1. The van der Waals surface area contributed by atoms with Gasteiger partial charge in [-0.1, -0.05) is 45.0 Å². The number of aliphatic carboxylic acids is 1. The standard InChI is InChI=1S/C15H20O3/c1-10(2)12-6-4-5-7-13(12)14(16)9-8-11(3)15(17)18/h4-7,10-11H,8-9H2,1-3H3,(H,17,18)/t11-/m1/s1. The Morgan fingerprint density at radius 2 is 1.78 bits per heavy atom. The molecule has 98 valence electrons. The summed E-state index contributed by atoms with van der Waals surface area (Å²) < 4.78 is 0. The van der Waals surface area contributed by atoms with Gasteiger partial charge in [-0.25, -0.2) is 0 Å². The topological polar surface area (TPSA) is 54.4 Å². The lowest BCUT2D eigenvalue weighted by molar-refractivity contribution is -0.141. The van der Waals surface area contributed by atoms with Crippen molar-refractivity contribution in [1.29, 1.82) is 0 Å². The SMILES string of the molecule is CC(C)c1ccccc1C(=O)CC[C@@H](C)C(=O)O. The summed E-state index contributed by atoms with van der Waals surface area (Å²) >= 11 is 0. The molecule has 0 saturated carbocycles. The first-order valence-electron chi connectivity index (χ1n) is 6.28. The summed E-state index contributed by atoms with van der Waals surface area (Å²) in [6, 6.07) is 7.55. The van der Waals surface area contributed by atoms with Gasteiger partial charge in [-0.2, -0.15) is 0 Å². The summed E-state index contributed by atoms with van der Waals surface area (Å²) in [4.78, 5) is 22.8. The zero-order chi connectivity index (χ0) is 13.7. The zero-order valence-corrected chi connectivity index (χ0v) is 11.1. The van der Waals surface area contributed by atoms with Crippen LogP contribution in [0.2, 0.25) is 0 Å². The number of carboxylic acids is 1. The molecule has 0 saturated heterocycles. The van der Waals surface area contributed by atoms with E-state index in [0.29, 0.717) is 12.3 Å². The highest BCUT2D eigenvalue weighted by atomic mass is 16.4. The molecule has 1 aromatic carbocycles. The number of rotatable bonds is 6. The van der Waals surface area contributed by atoms with E-state index in [4.69, 9.17) is 5.11 Å². The highest BCUT2D eigenvalue weighted by molar-refractivity contribution is 5.97. The van der Waals surface area contributed by atoms with Crippen LogP contribution in [-0.2, 0) is 4.79 Å². The van der Waals surface area contributed by atoms with Crippen molar-refractivity contribution in [3.8, 4) is 0 Å². The maximum atomic E-state index is 12.1. The van der Waals surface area contributed by atoms with Gasteiger partial charge in [-0.15, -0.1) is 0 Å². The van der Waals surface area contributed by atoms with E-state index in [1.165, 1.54) is 0 Å². The summed E-state index contributed by atoms with van der Waals surface area (Å²) in [7, 11) is 0. The predicted octanol–water partition coefficient (Wildman–Crippen LogP) is 3.49. The fourth-order valence-electron chi connectivity index (χ4n) is 1.86. The lowest BCUT2D eigenvalue weighted by Crippen LogP contribution is -2.12. The molecule has 1 atom stereocenters. The van der Waals surface area contributed by atoms with Crippen LogP contribution in [0.3, 0.4) is 0 Å². The zero-order valence-electron chi connectivity index (χ0n) is 11.1. The van der Waals surface area contributed by atoms with Crippen molar-refractivity contribution in [3.05, 3.63) is 35.4 Å². The minimum Gasteiger partial charge on any atom is -0.481 e. The molecular formula is C15H20O3. The summed E-state index contributed by atoms with van der Waals surface area (Å²) in [5.41, 5.74) is 1.76. The van der Waals surface area contributed by atoms with Crippen molar-refractivity contribution >= 4 is 11.8 Å². The van der Waals surface area contributed by atoms with Crippen LogP contribution in [0, 0.1) is 5.92 Å². The number of ketones is 1. The van der Waals surface area contributed by atoms with Crippen LogP contribution in [-0.4, -0.2) is 16.9 Å². The minimum atomic E-state index is -0.847. The van der Waals surface area contributed by atoms with Crippen LogP contribution in [0.1, 0.15) is 55.5 Å². The van der Waals surface area contributed by atoms with E-state index in [9.17, 15) is 9.59 Å². The van der Waals surface area contributed by atoms with Gasteiger partial charge in [-0.05, 0) is 17.9 Å². The Morgan fingerprint density at radius 1 is 1.17 bits per heavy atom. The predicted molar refractivity (Wildman–Crippen MR) is 70.9 cm³/mol. The van der Waals surface area contributed by atoms with Gasteiger partial charge in [0.15, 0.2) is 5.78 Å². The summed E-state index contributed by atoms with van der Waals surface area (Å²) in [6.45, 7) is 5.72. The summed E-state index contributed by atoms with van der Waals surface area (Å²) in [5.74, 6) is -0.991. The number of carboxylic acid groups (broad SMARTS) is 1. The molecule has 0 amide bonds. The van der Waals surface area contributed by atoms with Crippen molar-refractivity contribution < 1.29 is 14.7 Å². The van der Waals surface area contributed by atoms with E-state index in [1.54, 1.807) is 6.92 Å². The largest absolute Gasteiger partial charge is 0.481 e. The molecule has 0 aliphatic carbocycles. The summed E-state index contributed by atoms with van der Waals surface area (Å²) in [6.07, 6.45) is 0.678. The van der Waals surface area contributed by atoms with Crippen molar-refractivity contribution in [2.45, 2.75) is 39.5 Å². The van der Waals surface area contributed by atoms with Crippen molar-refractivity contribution in [3.63, 3.8) is 0 Å². The van der Waals surface area contributed by atoms with E-state index in [1.807, 2.05) is 38.1 Å². The Labute approximate surface area is 108 Å². The molecule has 3 heteroatoms. The third kappa shape index (κ3) is 3.69. The van der Waals surface area contributed by atoms with E-state index in [2.05, 4.69) is 0 Å². The quantitative estimate of drug-likeness (QED) is 0.784. The van der Waals surface area contributed by atoms with Gasteiger partial charge in [0.25, 0.3) is 0 Å². The van der Waals surface area contributed by atoms with Crippen LogP contribution in [0.5, 0.6) is 0 Å². The van der Waals surface area contributed by atoms with Gasteiger partial charge >= 0.3 is 5.97 Å². The normalized spacial score (nSPS) is 12.4. The Morgan fingerprint density at radius 3 is 2.33 bits per heavy atom. The second-order valence-corrected chi connectivity index (χ2v) is 4.94. The first-order chi connectivity index (χ1) is 8.43. The fourth-order valence-corrected chi connectivity index (χ4v) is 1.86. The average molecular weight is 248 g/mol. The molecule has 1 N–H and O–H groups in total. The number of carbonyl (C=O) groups excluding carboxylic acids is 1. The molecular weight excluding hydrogens is 228 g/mol. The molecule has 0 aromatic heterocycles. The number of benzene rings is 1. The Bertz CT molecular complexity index is 435. The number of Topliss-reactive ketones (excluding diaryl/α,β-unsaturated/α-hetero) is 1. The molecule has 18 heavy (non-hydrogen) atoms. The van der Waals surface area contributed by atoms with Crippen LogP contribution in [0.4, 0.5) is 0 Å². The smallest absolute Gasteiger partial charge is 0.306 e.